The van der Waals surface area contributed by atoms with E-state index in [2.05, 4.69) is 15.5 Å². The first-order valence-electron chi connectivity index (χ1n) is 6.37. The van der Waals surface area contributed by atoms with E-state index in [0.717, 1.165) is 17.1 Å². The number of hydrogen-bond donors (Lipinski definition) is 1. The fourth-order valence-electron chi connectivity index (χ4n) is 1.86. The van der Waals surface area contributed by atoms with E-state index >= 15 is 0 Å². The van der Waals surface area contributed by atoms with Gasteiger partial charge in [-0.25, -0.2) is 0 Å². The molecule has 0 amide bonds. The first-order valence-corrected chi connectivity index (χ1v) is 7.31. The molecule has 0 bridgehead atoms. The lowest BCUT2D eigenvalue weighted by Gasteiger charge is -2.08. The van der Waals surface area contributed by atoms with Gasteiger partial charge in [0.25, 0.3) is 5.89 Å². The Morgan fingerprint density at radius 3 is 2.95 bits per heavy atom. The highest BCUT2D eigenvalue weighted by atomic mass is 32.1. The fraction of sp³-hybridized carbons (Fsp3) is 0.286. The summed E-state index contributed by atoms with van der Waals surface area (Å²) in [6.07, 6.45) is 0. The monoisotopic (exact) mass is 289 g/mol. The number of furan rings is 1. The number of nitrogens with zero attached hydrogens (tertiary/aromatic N) is 2. The number of hydrogen-bond acceptors (Lipinski definition) is 6. The zero-order valence-electron chi connectivity index (χ0n) is 11.3. The Labute approximate surface area is 120 Å². The Morgan fingerprint density at radius 1 is 1.35 bits per heavy atom. The number of thiophene rings is 1. The summed E-state index contributed by atoms with van der Waals surface area (Å²) < 4.78 is 10.8. The van der Waals surface area contributed by atoms with Crippen LogP contribution in [0.2, 0.25) is 0 Å². The second kappa shape index (κ2) is 5.60. The molecule has 0 radical (unpaired) electrons. The average Bonchev–Trinajstić information content (AvgIpc) is 3.16. The molecule has 5 nitrogen and oxygen atoms in total. The molecule has 3 rings (SSSR count). The van der Waals surface area contributed by atoms with Gasteiger partial charge in [-0.2, -0.15) is 16.3 Å². The highest BCUT2D eigenvalue weighted by Gasteiger charge is 2.12. The maximum atomic E-state index is 5.57. The maximum absolute atomic E-state index is 5.57. The van der Waals surface area contributed by atoms with Crippen LogP contribution in [0.15, 0.2) is 37.9 Å². The van der Waals surface area contributed by atoms with E-state index in [1.807, 2.05) is 42.8 Å². The van der Waals surface area contributed by atoms with Crippen molar-refractivity contribution < 1.29 is 8.94 Å². The highest BCUT2D eigenvalue weighted by molar-refractivity contribution is 7.08. The predicted octanol–water partition coefficient (Wildman–Crippen LogP) is 3.55. The summed E-state index contributed by atoms with van der Waals surface area (Å²) in [4.78, 5) is 4.36. The van der Waals surface area contributed by atoms with E-state index in [9.17, 15) is 0 Å². The van der Waals surface area contributed by atoms with E-state index in [0.29, 0.717) is 18.3 Å². The zero-order chi connectivity index (χ0) is 13.9. The van der Waals surface area contributed by atoms with Crippen molar-refractivity contribution >= 4 is 11.3 Å². The molecule has 3 heterocycles. The van der Waals surface area contributed by atoms with Crippen LogP contribution in [0.25, 0.3) is 11.5 Å². The molecule has 3 aromatic rings. The van der Waals surface area contributed by atoms with Gasteiger partial charge < -0.3 is 14.3 Å². The predicted molar refractivity (Wildman–Crippen MR) is 76.3 cm³/mol. The summed E-state index contributed by atoms with van der Waals surface area (Å²) in [5.41, 5.74) is 0.962. The van der Waals surface area contributed by atoms with Gasteiger partial charge in [-0.15, -0.1) is 0 Å². The smallest absolute Gasteiger partial charge is 0.258 e. The molecule has 104 valence electrons. The van der Waals surface area contributed by atoms with E-state index in [1.54, 1.807) is 11.3 Å². The molecule has 0 saturated heterocycles. The molecule has 0 aliphatic heterocycles. The molecular formula is C14H15N3O2S. The number of aromatic nitrogens is 2. The number of nitrogens with one attached hydrogen (secondary N) is 1. The molecule has 20 heavy (non-hydrogen) atoms. The second-order valence-electron chi connectivity index (χ2n) is 4.58. The highest BCUT2D eigenvalue weighted by Crippen LogP contribution is 2.20. The van der Waals surface area contributed by atoms with E-state index in [-0.39, 0.29) is 6.04 Å². The van der Waals surface area contributed by atoms with Crippen molar-refractivity contribution in [3.63, 3.8) is 0 Å². The van der Waals surface area contributed by atoms with Gasteiger partial charge in [-0.1, -0.05) is 5.16 Å². The van der Waals surface area contributed by atoms with Crippen LogP contribution >= 0.6 is 11.3 Å². The molecule has 0 saturated carbocycles. The summed E-state index contributed by atoms with van der Waals surface area (Å²) in [5.74, 6) is 3.02. The first-order chi connectivity index (χ1) is 9.72. The van der Waals surface area contributed by atoms with Crippen molar-refractivity contribution in [1.82, 2.24) is 15.5 Å². The van der Waals surface area contributed by atoms with Crippen molar-refractivity contribution in [1.29, 1.82) is 0 Å². The normalized spacial score (nSPS) is 12.7. The molecule has 0 spiro atoms. The third-order valence-electron chi connectivity index (χ3n) is 2.99. The number of rotatable bonds is 5. The topological polar surface area (TPSA) is 64.1 Å². The zero-order valence-corrected chi connectivity index (χ0v) is 12.1. The largest absolute Gasteiger partial charge is 0.465 e. The van der Waals surface area contributed by atoms with Crippen LogP contribution in [0.3, 0.4) is 0 Å². The van der Waals surface area contributed by atoms with Gasteiger partial charge in [-0.3, -0.25) is 0 Å². The molecule has 0 aromatic carbocycles. The van der Waals surface area contributed by atoms with E-state index < -0.39 is 0 Å². The minimum absolute atomic E-state index is 0.104. The quantitative estimate of drug-likeness (QED) is 0.778. The minimum Gasteiger partial charge on any atom is -0.465 e. The van der Waals surface area contributed by atoms with Crippen LogP contribution in [0, 0.1) is 6.92 Å². The molecule has 6 heteroatoms. The van der Waals surface area contributed by atoms with Crippen LogP contribution in [0.1, 0.15) is 30.3 Å². The van der Waals surface area contributed by atoms with Crippen molar-refractivity contribution in [2.75, 3.05) is 0 Å². The maximum Gasteiger partial charge on any atom is 0.258 e. The molecule has 1 N–H and O–H groups in total. The lowest BCUT2D eigenvalue weighted by molar-refractivity contribution is 0.397. The molecule has 1 atom stereocenters. The molecule has 0 unspecified atom stereocenters. The van der Waals surface area contributed by atoms with Gasteiger partial charge >= 0.3 is 0 Å². The Balaban J connectivity index is 1.61. The Bertz CT molecular complexity index is 672. The summed E-state index contributed by atoms with van der Waals surface area (Å²) in [6, 6.07) is 5.99. The third-order valence-corrected chi connectivity index (χ3v) is 3.67. The Hall–Kier alpha value is -1.92. The summed E-state index contributed by atoms with van der Waals surface area (Å²) in [6.45, 7) is 4.51. The summed E-state index contributed by atoms with van der Waals surface area (Å²) >= 11 is 1.61. The number of aryl methyl sites for hydroxylation is 1. The van der Waals surface area contributed by atoms with Gasteiger partial charge in [0.05, 0.1) is 18.2 Å². The molecule has 0 aliphatic rings. The molecule has 3 aromatic heterocycles. The lowest BCUT2D eigenvalue weighted by atomic mass is 10.2. The van der Waals surface area contributed by atoms with Crippen molar-refractivity contribution in [2.45, 2.75) is 26.4 Å². The first kappa shape index (κ1) is 13.1. The van der Waals surface area contributed by atoms with Crippen molar-refractivity contribution in [3.8, 4) is 11.5 Å². The van der Waals surface area contributed by atoms with Gasteiger partial charge in [0.15, 0.2) is 5.82 Å². The van der Waals surface area contributed by atoms with Crippen LogP contribution in [0.5, 0.6) is 0 Å². The van der Waals surface area contributed by atoms with Gasteiger partial charge in [0.1, 0.15) is 11.5 Å². The minimum atomic E-state index is 0.104. The average molecular weight is 289 g/mol. The van der Waals surface area contributed by atoms with Crippen molar-refractivity contribution in [2.24, 2.45) is 0 Å². The Morgan fingerprint density at radius 2 is 2.25 bits per heavy atom. The van der Waals surface area contributed by atoms with Crippen LogP contribution in [-0.4, -0.2) is 10.1 Å². The van der Waals surface area contributed by atoms with Crippen molar-refractivity contribution in [3.05, 3.63) is 46.3 Å². The van der Waals surface area contributed by atoms with E-state index in [4.69, 9.17) is 8.94 Å². The molecule has 0 fully saturated rings. The SMILES string of the molecule is Cc1ccc([C@@H](C)NCc2noc(-c3ccsc3)n2)o1. The molecule has 0 aliphatic carbocycles. The van der Waals surface area contributed by atoms with Gasteiger partial charge in [0, 0.05) is 5.38 Å². The van der Waals surface area contributed by atoms with E-state index in [1.165, 1.54) is 0 Å². The third kappa shape index (κ3) is 2.81. The summed E-state index contributed by atoms with van der Waals surface area (Å²) in [7, 11) is 0. The lowest BCUT2D eigenvalue weighted by Crippen LogP contribution is -2.18. The van der Waals surface area contributed by atoms with Gasteiger partial charge in [-0.05, 0) is 37.4 Å². The summed E-state index contributed by atoms with van der Waals surface area (Å²) in [5, 5.41) is 11.2. The Kier molecular flexibility index (Phi) is 3.66. The fourth-order valence-corrected chi connectivity index (χ4v) is 2.49. The second-order valence-corrected chi connectivity index (χ2v) is 5.36. The van der Waals surface area contributed by atoms with Crippen LogP contribution < -0.4 is 5.32 Å². The van der Waals surface area contributed by atoms with Crippen LogP contribution in [0.4, 0.5) is 0 Å². The van der Waals surface area contributed by atoms with Crippen LogP contribution in [-0.2, 0) is 6.54 Å². The molecular weight excluding hydrogens is 274 g/mol. The standard InChI is InChI=1S/C14H15N3O2S/c1-9-3-4-12(18-9)10(2)15-7-13-16-14(19-17-13)11-5-6-20-8-11/h3-6,8,10,15H,7H2,1-2H3/t10-/m1/s1. The van der Waals surface area contributed by atoms with Gasteiger partial charge in [0.2, 0.25) is 0 Å².